The minimum Gasteiger partial charge on any atom is -0.488 e. The Morgan fingerprint density at radius 1 is 1.28 bits per heavy atom. The summed E-state index contributed by atoms with van der Waals surface area (Å²) in [7, 11) is 0. The first-order chi connectivity index (χ1) is 8.65. The number of halogens is 1. The number of benzene rings is 1. The molecule has 2 N–H and O–H groups in total. The van der Waals surface area contributed by atoms with Gasteiger partial charge in [0, 0.05) is 12.6 Å². The summed E-state index contributed by atoms with van der Waals surface area (Å²) in [5.41, 5.74) is 6.44. The zero-order valence-electron chi connectivity index (χ0n) is 11.1. The van der Waals surface area contributed by atoms with Gasteiger partial charge in [-0.15, -0.1) is 0 Å². The molecule has 0 spiro atoms. The molecule has 0 amide bonds. The van der Waals surface area contributed by atoms with Gasteiger partial charge in [0.2, 0.25) is 0 Å². The third-order valence-corrected chi connectivity index (χ3v) is 2.61. The lowest BCUT2D eigenvalue weighted by Crippen LogP contribution is -2.09. The summed E-state index contributed by atoms with van der Waals surface area (Å²) in [6.07, 6.45) is 2.14. The lowest BCUT2D eigenvalue weighted by Gasteiger charge is -2.10. The molecule has 0 fully saturated rings. The van der Waals surface area contributed by atoms with Crippen LogP contribution in [0.1, 0.15) is 38.3 Å². The van der Waals surface area contributed by atoms with Gasteiger partial charge in [-0.05, 0) is 31.0 Å². The number of hydrogen-bond acceptors (Lipinski definition) is 3. The van der Waals surface area contributed by atoms with E-state index in [4.69, 9.17) is 15.2 Å². The summed E-state index contributed by atoms with van der Waals surface area (Å²) < 4.78 is 24.3. The molecular weight excluding hydrogens is 233 g/mol. The standard InChI is InChI=1S/C14H22FNO2/c1-3-4-7-17-8-9-18-14-6-5-12(11(2)16)10-13(14)15/h5-6,10-11H,3-4,7-9,16H2,1-2H3. The first kappa shape index (κ1) is 14.9. The highest BCUT2D eigenvalue weighted by Crippen LogP contribution is 2.20. The van der Waals surface area contributed by atoms with Crippen LogP contribution in [-0.4, -0.2) is 19.8 Å². The van der Waals surface area contributed by atoms with Crippen molar-refractivity contribution in [3.05, 3.63) is 29.6 Å². The van der Waals surface area contributed by atoms with Gasteiger partial charge in [0.15, 0.2) is 11.6 Å². The normalized spacial score (nSPS) is 12.4. The van der Waals surface area contributed by atoms with Gasteiger partial charge in [0.05, 0.1) is 6.61 Å². The quantitative estimate of drug-likeness (QED) is 0.726. The van der Waals surface area contributed by atoms with Gasteiger partial charge in [-0.1, -0.05) is 19.4 Å². The Labute approximate surface area is 108 Å². The van der Waals surface area contributed by atoms with E-state index in [9.17, 15) is 4.39 Å². The average molecular weight is 255 g/mol. The minimum absolute atomic E-state index is 0.175. The van der Waals surface area contributed by atoms with Crippen LogP contribution < -0.4 is 10.5 Å². The van der Waals surface area contributed by atoms with Crippen LogP contribution in [0.4, 0.5) is 4.39 Å². The van der Waals surface area contributed by atoms with Crippen molar-refractivity contribution in [3.8, 4) is 5.75 Å². The Morgan fingerprint density at radius 3 is 2.67 bits per heavy atom. The summed E-state index contributed by atoms with van der Waals surface area (Å²) in [4.78, 5) is 0. The second-order valence-electron chi connectivity index (χ2n) is 4.29. The van der Waals surface area contributed by atoms with Crippen molar-refractivity contribution in [2.75, 3.05) is 19.8 Å². The van der Waals surface area contributed by atoms with Crippen molar-refractivity contribution in [2.45, 2.75) is 32.7 Å². The molecule has 1 unspecified atom stereocenters. The van der Waals surface area contributed by atoms with Gasteiger partial charge < -0.3 is 15.2 Å². The van der Waals surface area contributed by atoms with E-state index < -0.39 is 0 Å². The van der Waals surface area contributed by atoms with Crippen LogP contribution in [-0.2, 0) is 4.74 Å². The van der Waals surface area contributed by atoms with E-state index in [0.717, 1.165) is 25.0 Å². The first-order valence-electron chi connectivity index (χ1n) is 6.40. The molecule has 0 aliphatic rings. The smallest absolute Gasteiger partial charge is 0.165 e. The van der Waals surface area contributed by atoms with Crippen LogP contribution in [0.25, 0.3) is 0 Å². The molecule has 0 heterocycles. The van der Waals surface area contributed by atoms with Crippen molar-refractivity contribution >= 4 is 0 Å². The highest BCUT2D eigenvalue weighted by Gasteiger charge is 2.07. The third kappa shape index (κ3) is 5.02. The summed E-state index contributed by atoms with van der Waals surface area (Å²) >= 11 is 0. The zero-order chi connectivity index (χ0) is 13.4. The topological polar surface area (TPSA) is 44.5 Å². The van der Waals surface area contributed by atoms with E-state index in [1.54, 1.807) is 12.1 Å². The zero-order valence-corrected chi connectivity index (χ0v) is 11.1. The second-order valence-corrected chi connectivity index (χ2v) is 4.29. The van der Waals surface area contributed by atoms with E-state index in [1.165, 1.54) is 6.07 Å². The summed E-state index contributed by atoms with van der Waals surface area (Å²) in [5.74, 6) is -0.128. The molecule has 1 aromatic carbocycles. The minimum atomic E-state index is -0.377. The molecule has 0 saturated heterocycles. The highest BCUT2D eigenvalue weighted by atomic mass is 19.1. The van der Waals surface area contributed by atoms with E-state index in [0.29, 0.717) is 13.2 Å². The summed E-state index contributed by atoms with van der Waals surface area (Å²) in [5, 5.41) is 0. The van der Waals surface area contributed by atoms with Gasteiger partial charge >= 0.3 is 0 Å². The Balaban J connectivity index is 2.34. The molecule has 0 aliphatic carbocycles. The number of unbranched alkanes of at least 4 members (excludes halogenated alkanes) is 1. The van der Waals surface area contributed by atoms with Crippen LogP contribution in [0.5, 0.6) is 5.75 Å². The van der Waals surface area contributed by atoms with Crippen molar-refractivity contribution in [1.82, 2.24) is 0 Å². The molecule has 0 radical (unpaired) electrons. The number of ether oxygens (including phenoxy) is 2. The maximum absolute atomic E-state index is 13.6. The summed E-state index contributed by atoms with van der Waals surface area (Å²) in [6.45, 7) is 5.49. The van der Waals surface area contributed by atoms with Gasteiger partial charge in [-0.3, -0.25) is 0 Å². The number of nitrogens with two attached hydrogens (primary N) is 1. The largest absolute Gasteiger partial charge is 0.488 e. The van der Waals surface area contributed by atoms with Crippen molar-refractivity contribution in [3.63, 3.8) is 0 Å². The highest BCUT2D eigenvalue weighted by molar-refractivity contribution is 5.30. The van der Waals surface area contributed by atoms with E-state index >= 15 is 0 Å². The maximum Gasteiger partial charge on any atom is 0.165 e. The Morgan fingerprint density at radius 2 is 2.06 bits per heavy atom. The predicted octanol–water partition coefficient (Wildman–Crippen LogP) is 3.04. The molecule has 0 saturated carbocycles. The molecule has 3 nitrogen and oxygen atoms in total. The SMILES string of the molecule is CCCCOCCOc1ccc(C(C)N)cc1F. The fourth-order valence-electron chi connectivity index (χ4n) is 1.48. The molecule has 1 atom stereocenters. The maximum atomic E-state index is 13.6. The van der Waals surface area contributed by atoms with E-state index in [-0.39, 0.29) is 17.6 Å². The summed E-state index contributed by atoms with van der Waals surface area (Å²) in [6, 6.07) is 4.63. The monoisotopic (exact) mass is 255 g/mol. The van der Waals surface area contributed by atoms with Gasteiger partial charge in [0.25, 0.3) is 0 Å². The van der Waals surface area contributed by atoms with Crippen LogP contribution in [0.3, 0.4) is 0 Å². The van der Waals surface area contributed by atoms with Gasteiger partial charge in [-0.25, -0.2) is 4.39 Å². The lowest BCUT2D eigenvalue weighted by molar-refractivity contribution is 0.0967. The molecular formula is C14H22FNO2. The molecule has 1 rings (SSSR count). The second kappa shape index (κ2) is 8.06. The van der Waals surface area contributed by atoms with Crippen LogP contribution in [0.2, 0.25) is 0 Å². The fraction of sp³-hybridized carbons (Fsp3) is 0.571. The third-order valence-electron chi connectivity index (χ3n) is 2.61. The fourth-order valence-corrected chi connectivity index (χ4v) is 1.48. The lowest BCUT2D eigenvalue weighted by atomic mass is 10.1. The first-order valence-corrected chi connectivity index (χ1v) is 6.40. The van der Waals surface area contributed by atoms with Crippen molar-refractivity contribution in [2.24, 2.45) is 5.73 Å². The van der Waals surface area contributed by atoms with Crippen molar-refractivity contribution < 1.29 is 13.9 Å². The molecule has 0 aliphatic heterocycles. The average Bonchev–Trinajstić information content (AvgIpc) is 2.35. The molecule has 102 valence electrons. The number of hydrogen-bond donors (Lipinski definition) is 1. The predicted molar refractivity (Wildman–Crippen MR) is 70.2 cm³/mol. The van der Waals surface area contributed by atoms with Crippen LogP contribution in [0, 0.1) is 5.82 Å². The van der Waals surface area contributed by atoms with Gasteiger partial charge in [-0.2, -0.15) is 0 Å². The molecule has 1 aromatic rings. The van der Waals surface area contributed by atoms with E-state index in [2.05, 4.69) is 6.92 Å². The Hall–Kier alpha value is -1.13. The molecule has 0 aromatic heterocycles. The Bertz CT molecular complexity index is 356. The molecule has 0 bridgehead atoms. The Kier molecular flexibility index (Phi) is 6.68. The van der Waals surface area contributed by atoms with Crippen LogP contribution >= 0.6 is 0 Å². The van der Waals surface area contributed by atoms with E-state index in [1.807, 2.05) is 6.92 Å². The van der Waals surface area contributed by atoms with Crippen LogP contribution in [0.15, 0.2) is 18.2 Å². The molecule has 4 heteroatoms. The molecule has 18 heavy (non-hydrogen) atoms. The van der Waals surface area contributed by atoms with Crippen molar-refractivity contribution in [1.29, 1.82) is 0 Å². The van der Waals surface area contributed by atoms with Gasteiger partial charge in [0.1, 0.15) is 6.61 Å². The number of rotatable bonds is 8.